The maximum Gasteiger partial charge on any atom is 0.500 e. The molecule has 0 aliphatic carbocycles. The quantitative estimate of drug-likeness (QED) is 0.456. The van der Waals surface area contributed by atoms with Crippen LogP contribution < -0.4 is 11.5 Å². The third kappa shape index (κ3) is 7.43. The Bertz CT molecular complexity index is 139. The first-order valence-corrected chi connectivity index (χ1v) is 6.82. The molecule has 0 aliphatic heterocycles. The van der Waals surface area contributed by atoms with Crippen molar-refractivity contribution < 1.29 is 30.3 Å². The molecule has 0 unspecified atom stereocenters. The summed E-state index contributed by atoms with van der Waals surface area (Å²) in [5.74, 6) is 0. The van der Waals surface area contributed by atoms with Gasteiger partial charge in [-0.2, -0.15) is 0 Å². The van der Waals surface area contributed by atoms with E-state index in [1.807, 2.05) is 0 Å². The topological polar surface area (TPSA) is 79.7 Å². The van der Waals surface area contributed by atoms with E-state index in [4.69, 9.17) is 24.7 Å². The Balaban J connectivity index is 0. The Morgan fingerprint density at radius 3 is 1.93 bits per heavy atom. The second kappa shape index (κ2) is 11.0. The second-order valence-electron chi connectivity index (χ2n) is 2.97. The summed E-state index contributed by atoms with van der Waals surface area (Å²) in [4.78, 5) is 0. The van der Waals surface area contributed by atoms with Crippen molar-refractivity contribution >= 4 is 8.80 Å². The first-order valence-electron chi connectivity index (χ1n) is 4.89. The molecule has 0 saturated carbocycles. The Morgan fingerprint density at radius 1 is 1.00 bits per heavy atom. The van der Waals surface area contributed by atoms with Crippen LogP contribution in [0, 0.1) is 0 Å². The van der Waals surface area contributed by atoms with Crippen LogP contribution in [0.3, 0.4) is 0 Å². The van der Waals surface area contributed by atoms with E-state index >= 15 is 0 Å². The Labute approximate surface area is 104 Å². The molecule has 0 aromatic carbocycles. The third-order valence-electron chi connectivity index (χ3n) is 1.98. The van der Waals surface area contributed by atoms with Gasteiger partial charge >= 0.3 is 8.80 Å². The van der Waals surface area contributed by atoms with Gasteiger partial charge in [0.15, 0.2) is 0 Å². The number of nitrogens with two attached hydrogens (primary N) is 2. The number of hydrogen-bond donors (Lipinski definition) is 2. The standard InChI is InChI=1S/C8H22N2O3Si.Fe/c1-11-14(12-2,8-4-6-10)13-7-3-5-9;/h3-10H2,1-2H3;. The van der Waals surface area contributed by atoms with E-state index in [9.17, 15) is 0 Å². The fraction of sp³-hybridized carbons (Fsp3) is 1.00. The molecule has 0 fully saturated rings. The van der Waals surface area contributed by atoms with E-state index in [1.54, 1.807) is 14.2 Å². The van der Waals surface area contributed by atoms with Crippen LogP contribution in [0.1, 0.15) is 12.8 Å². The van der Waals surface area contributed by atoms with Gasteiger partial charge in [-0.1, -0.05) is 0 Å². The van der Waals surface area contributed by atoms with Gasteiger partial charge in [0.2, 0.25) is 0 Å². The monoisotopic (exact) mass is 278 g/mol. The minimum Gasteiger partial charge on any atom is -0.377 e. The average Bonchev–Trinajstić information content (AvgIpc) is 2.24. The molecule has 4 N–H and O–H groups in total. The van der Waals surface area contributed by atoms with Gasteiger partial charge in [-0.15, -0.1) is 0 Å². The molecule has 0 aromatic heterocycles. The third-order valence-corrected chi connectivity index (χ3v) is 4.83. The molecule has 15 heavy (non-hydrogen) atoms. The van der Waals surface area contributed by atoms with Crippen LogP contribution >= 0.6 is 0 Å². The molecular formula is C8H22FeN2O3Si. The van der Waals surface area contributed by atoms with Crippen molar-refractivity contribution in [3.05, 3.63) is 0 Å². The fourth-order valence-corrected chi connectivity index (χ4v) is 3.15. The molecule has 0 heterocycles. The van der Waals surface area contributed by atoms with Gasteiger partial charge in [0, 0.05) is 43.9 Å². The zero-order valence-electron chi connectivity index (χ0n) is 9.48. The van der Waals surface area contributed by atoms with E-state index in [2.05, 4.69) is 0 Å². The minimum absolute atomic E-state index is 0. The van der Waals surface area contributed by atoms with Crippen molar-refractivity contribution in [2.75, 3.05) is 33.9 Å². The molecule has 94 valence electrons. The largest absolute Gasteiger partial charge is 0.500 e. The molecule has 0 bridgehead atoms. The summed E-state index contributed by atoms with van der Waals surface area (Å²) >= 11 is 0. The molecule has 7 heteroatoms. The van der Waals surface area contributed by atoms with Gasteiger partial charge in [-0.25, -0.2) is 0 Å². The summed E-state index contributed by atoms with van der Waals surface area (Å²) in [6.45, 7) is 1.84. The maximum atomic E-state index is 5.63. The molecule has 0 aromatic rings. The summed E-state index contributed by atoms with van der Waals surface area (Å²) in [5.41, 5.74) is 10.8. The Morgan fingerprint density at radius 2 is 1.53 bits per heavy atom. The van der Waals surface area contributed by atoms with E-state index in [-0.39, 0.29) is 17.1 Å². The molecule has 0 atom stereocenters. The van der Waals surface area contributed by atoms with Gasteiger partial charge in [-0.05, 0) is 25.9 Å². The van der Waals surface area contributed by atoms with Crippen LogP contribution in [-0.4, -0.2) is 42.7 Å². The van der Waals surface area contributed by atoms with Gasteiger partial charge in [-0.3, -0.25) is 0 Å². The summed E-state index contributed by atoms with van der Waals surface area (Å²) in [6.07, 6.45) is 1.68. The zero-order chi connectivity index (χ0) is 10.9. The van der Waals surface area contributed by atoms with Gasteiger partial charge in [0.1, 0.15) is 0 Å². The van der Waals surface area contributed by atoms with E-state index < -0.39 is 8.80 Å². The smallest absolute Gasteiger partial charge is 0.377 e. The maximum absolute atomic E-state index is 5.63. The fourth-order valence-electron chi connectivity index (χ4n) is 1.11. The summed E-state index contributed by atoms with van der Waals surface area (Å²) < 4.78 is 16.3. The van der Waals surface area contributed by atoms with Crippen molar-refractivity contribution in [1.82, 2.24) is 0 Å². The minimum atomic E-state index is -2.44. The number of rotatable bonds is 9. The Kier molecular flexibility index (Phi) is 13.2. The van der Waals surface area contributed by atoms with Crippen LogP contribution in [0.15, 0.2) is 0 Å². The van der Waals surface area contributed by atoms with Crippen molar-refractivity contribution in [2.24, 2.45) is 11.5 Å². The molecular weight excluding hydrogens is 256 g/mol. The second-order valence-corrected chi connectivity index (χ2v) is 5.95. The molecule has 0 radical (unpaired) electrons. The Hall–Kier alpha value is 0.536. The predicted molar refractivity (Wildman–Crippen MR) is 57.9 cm³/mol. The normalized spacial score (nSPS) is 11.2. The van der Waals surface area contributed by atoms with Gasteiger partial charge < -0.3 is 24.7 Å². The first-order chi connectivity index (χ1) is 6.74. The van der Waals surface area contributed by atoms with Crippen LogP contribution in [0.4, 0.5) is 0 Å². The predicted octanol–water partition coefficient (Wildman–Crippen LogP) is -0.0702. The van der Waals surface area contributed by atoms with Crippen molar-refractivity contribution in [1.29, 1.82) is 0 Å². The number of hydrogen-bond acceptors (Lipinski definition) is 5. The summed E-state index contributed by atoms with van der Waals surface area (Å²) in [6, 6.07) is 0.765. The molecule has 0 spiro atoms. The van der Waals surface area contributed by atoms with Gasteiger partial charge in [0.25, 0.3) is 0 Å². The van der Waals surface area contributed by atoms with Crippen molar-refractivity contribution in [3.63, 3.8) is 0 Å². The van der Waals surface area contributed by atoms with E-state index in [1.165, 1.54) is 0 Å². The zero-order valence-corrected chi connectivity index (χ0v) is 11.6. The molecule has 0 saturated heterocycles. The van der Waals surface area contributed by atoms with Crippen molar-refractivity contribution in [2.45, 2.75) is 18.9 Å². The SMILES string of the molecule is CO[Si](CCCN)(OC)OCCCN.[Fe]. The molecule has 0 rings (SSSR count). The molecule has 0 aliphatic rings. The van der Waals surface area contributed by atoms with E-state index in [0.29, 0.717) is 19.7 Å². The van der Waals surface area contributed by atoms with Crippen LogP contribution in [0.25, 0.3) is 0 Å². The molecule has 5 nitrogen and oxygen atoms in total. The first kappa shape index (κ1) is 17.9. The summed E-state index contributed by atoms with van der Waals surface area (Å²) in [7, 11) is 0.802. The summed E-state index contributed by atoms with van der Waals surface area (Å²) in [5, 5.41) is 0. The van der Waals surface area contributed by atoms with Crippen LogP contribution in [0.5, 0.6) is 0 Å². The molecule has 0 amide bonds. The van der Waals surface area contributed by atoms with Crippen molar-refractivity contribution in [3.8, 4) is 0 Å². The van der Waals surface area contributed by atoms with Crippen LogP contribution in [-0.2, 0) is 30.3 Å². The van der Waals surface area contributed by atoms with E-state index in [0.717, 1.165) is 18.9 Å². The average molecular weight is 278 g/mol. The van der Waals surface area contributed by atoms with Crippen LogP contribution in [0.2, 0.25) is 6.04 Å². The van der Waals surface area contributed by atoms with Gasteiger partial charge in [0.05, 0.1) is 0 Å².